The molecule has 0 radical (unpaired) electrons. The van der Waals surface area contributed by atoms with Gasteiger partial charge in [0.15, 0.2) is 5.16 Å². The Kier molecular flexibility index (Phi) is 6.46. The minimum atomic E-state index is -0.214. The molecular weight excluding hydrogens is 502 g/mol. The molecule has 2 amide bonds. The Balaban J connectivity index is 1.21. The average Bonchev–Trinajstić information content (AvgIpc) is 3.39. The van der Waals surface area contributed by atoms with Crippen LogP contribution in [0, 0.1) is 5.92 Å². The summed E-state index contributed by atoms with van der Waals surface area (Å²) >= 11 is 3.23. The number of thioether (sulfide) groups is 1. The van der Waals surface area contributed by atoms with Crippen molar-refractivity contribution >= 4 is 45.1 Å². The molecule has 0 spiro atoms. The molecule has 0 saturated carbocycles. The molecule has 37 heavy (non-hydrogen) atoms. The molecule has 2 aromatic heterocycles. The van der Waals surface area contributed by atoms with Crippen LogP contribution in [0.2, 0.25) is 0 Å². The van der Waals surface area contributed by atoms with E-state index in [2.05, 4.69) is 6.92 Å². The lowest BCUT2D eigenvalue weighted by atomic mass is 9.89. The number of amides is 2. The molecular formula is C29H27N3O3S2. The molecule has 3 heterocycles. The van der Waals surface area contributed by atoms with Gasteiger partial charge in [0.05, 0.1) is 22.2 Å². The molecule has 188 valence electrons. The van der Waals surface area contributed by atoms with E-state index >= 15 is 0 Å². The molecule has 6 rings (SSSR count). The van der Waals surface area contributed by atoms with Gasteiger partial charge in [-0.05, 0) is 67.9 Å². The zero-order valence-electron chi connectivity index (χ0n) is 20.6. The number of nitrogens with zero attached hydrogens (tertiary/aromatic N) is 3. The number of hydrogen-bond acceptors (Lipinski definition) is 6. The van der Waals surface area contributed by atoms with Crippen LogP contribution in [0.4, 0.5) is 0 Å². The summed E-state index contributed by atoms with van der Waals surface area (Å²) in [7, 11) is 0. The van der Waals surface area contributed by atoms with Crippen molar-refractivity contribution in [2.24, 2.45) is 5.92 Å². The average molecular weight is 530 g/mol. The fourth-order valence-electron chi connectivity index (χ4n) is 5.25. The topological polar surface area (TPSA) is 72.3 Å². The van der Waals surface area contributed by atoms with E-state index < -0.39 is 0 Å². The zero-order valence-corrected chi connectivity index (χ0v) is 22.2. The summed E-state index contributed by atoms with van der Waals surface area (Å²) in [5, 5.41) is 1.47. The number of fused-ring (bicyclic) bond motifs is 4. The fourth-order valence-corrected chi connectivity index (χ4v) is 7.69. The lowest BCUT2D eigenvalue weighted by Crippen LogP contribution is -2.30. The van der Waals surface area contributed by atoms with Crippen molar-refractivity contribution in [3.8, 4) is 5.69 Å². The van der Waals surface area contributed by atoms with Crippen LogP contribution in [0.25, 0.3) is 15.9 Å². The van der Waals surface area contributed by atoms with Crippen molar-refractivity contribution < 1.29 is 9.59 Å². The summed E-state index contributed by atoms with van der Waals surface area (Å²) in [4.78, 5) is 47.5. The van der Waals surface area contributed by atoms with Gasteiger partial charge in [-0.25, -0.2) is 4.98 Å². The van der Waals surface area contributed by atoms with Gasteiger partial charge in [0.2, 0.25) is 0 Å². The van der Waals surface area contributed by atoms with Gasteiger partial charge in [-0.15, -0.1) is 11.3 Å². The van der Waals surface area contributed by atoms with Gasteiger partial charge in [-0.3, -0.25) is 23.9 Å². The number of imide groups is 1. The molecule has 0 N–H and O–H groups in total. The van der Waals surface area contributed by atoms with Crippen LogP contribution in [0.5, 0.6) is 0 Å². The van der Waals surface area contributed by atoms with Crippen molar-refractivity contribution in [2.45, 2.75) is 44.2 Å². The monoisotopic (exact) mass is 529 g/mol. The van der Waals surface area contributed by atoms with E-state index in [1.54, 1.807) is 51.9 Å². The molecule has 1 atom stereocenters. The maximum atomic E-state index is 13.8. The van der Waals surface area contributed by atoms with Gasteiger partial charge in [0.25, 0.3) is 17.4 Å². The first kappa shape index (κ1) is 24.1. The van der Waals surface area contributed by atoms with Crippen LogP contribution >= 0.6 is 23.1 Å². The number of aryl methyl sites for hydroxylation is 1. The van der Waals surface area contributed by atoms with Crippen molar-refractivity contribution in [3.05, 3.63) is 86.5 Å². The number of aromatic nitrogens is 2. The number of carbonyl (C=O) groups excluding carboxylic acids is 2. The predicted molar refractivity (Wildman–Crippen MR) is 148 cm³/mol. The van der Waals surface area contributed by atoms with Crippen LogP contribution in [-0.4, -0.2) is 38.6 Å². The summed E-state index contributed by atoms with van der Waals surface area (Å²) in [5.74, 6) is 0.937. The minimum absolute atomic E-state index is 0.0109. The van der Waals surface area contributed by atoms with Crippen molar-refractivity contribution in [2.75, 3.05) is 12.3 Å². The minimum Gasteiger partial charge on any atom is -0.274 e. The Hall–Kier alpha value is -3.23. The van der Waals surface area contributed by atoms with Crippen LogP contribution in [0.15, 0.2) is 64.5 Å². The second-order valence-electron chi connectivity index (χ2n) is 9.77. The predicted octanol–water partition coefficient (Wildman–Crippen LogP) is 5.74. The van der Waals surface area contributed by atoms with E-state index in [0.717, 1.165) is 47.3 Å². The molecule has 0 fully saturated rings. The standard InChI is InChI=1S/C29H27N3O3S2/c1-18-13-14-22-23(17-18)37-25-24(22)28(35)32(19-9-3-2-4-10-19)29(30-25)36-16-8-7-15-31-26(33)20-11-5-6-12-21(20)27(31)34/h2-6,9-12,18H,7-8,13-17H2,1H3/t18-/m1/s1. The molecule has 0 unspecified atom stereocenters. The second-order valence-corrected chi connectivity index (χ2v) is 11.9. The fraction of sp³-hybridized carbons (Fsp3) is 0.310. The number of para-hydroxylation sites is 1. The van der Waals surface area contributed by atoms with Gasteiger partial charge in [0.1, 0.15) is 4.83 Å². The summed E-state index contributed by atoms with van der Waals surface area (Å²) in [6.07, 6.45) is 4.54. The first-order valence-electron chi connectivity index (χ1n) is 12.7. The molecule has 1 aliphatic carbocycles. The van der Waals surface area contributed by atoms with E-state index in [1.807, 2.05) is 30.3 Å². The van der Waals surface area contributed by atoms with E-state index in [4.69, 9.17) is 4.98 Å². The number of unbranched alkanes of at least 4 members (excludes halogenated alkanes) is 1. The van der Waals surface area contributed by atoms with Gasteiger partial charge < -0.3 is 0 Å². The van der Waals surface area contributed by atoms with E-state index in [-0.39, 0.29) is 17.4 Å². The number of carbonyl (C=O) groups is 2. The highest BCUT2D eigenvalue weighted by molar-refractivity contribution is 7.99. The zero-order chi connectivity index (χ0) is 25.5. The molecule has 6 nitrogen and oxygen atoms in total. The number of benzene rings is 2. The maximum absolute atomic E-state index is 13.8. The molecule has 0 bridgehead atoms. The Morgan fingerprint density at radius 1 is 0.973 bits per heavy atom. The smallest absolute Gasteiger partial charge is 0.267 e. The third kappa shape index (κ3) is 4.32. The van der Waals surface area contributed by atoms with E-state index in [1.165, 1.54) is 15.3 Å². The van der Waals surface area contributed by atoms with Crippen molar-refractivity contribution in [1.29, 1.82) is 0 Å². The molecule has 0 saturated heterocycles. The Morgan fingerprint density at radius 3 is 2.41 bits per heavy atom. The number of thiophene rings is 1. The number of rotatable bonds is 7. The largest absolute Gasteiger partial charge is 0.274 e. The quantitative estimate of drug-likeness (QED) is 0.132. The van der Waals surface area contributed by atoms with Crippen LogP contribution in [-0.2, 0) is 12.8 Å². The van der Waals surface area contributed by atoms with Crippen LogP contribution in [0.1, 0.15) is 57.3 Å². The van der Waals surface area contributed by atoms with Gasteiger partial charge >= 0.3 is 0 Å². The van der Waals surface area contributed by atoms with E-state index in [9.17, 15) is 14.4 Å². The van der Waals surface area contributed by atoms with Crippen molar-refractivity contribution in [1.82, 2.24) is 14.5 Å². The first-order valence-corrected chi connectivity index (χ1v) is 14.5. The summed E-state index contributed by atoms with van der Waals surface area (Å²) < 4.78 is 1.75. The third-order valence-corrected chi connectivity index (χ3v) is 9.37. The Bertz CT molecular complexity index is 1540. The highest BCUT2D eigenvalue weighted by Gasteiger charge is 2.34. The van der Waals surface area contributed by atoms with Crippen LogP contribution < -0.4 is 5.56 Å². The number of hydrogen-bond donors (Lipinski definition) is 0. The van der Waals surface area contributed by atoms with Crippen molar-refractivity contribution in [3.63, 3.8) is 0 Å². The first-order chi connectivity index (χ1) is 18.0. The normalized spacial score (nSPS) is 16.9. The highest BCUT2D eigenvalue weighted by atomic mass is 32.2. The lowest BCUT2D eigenvalue weighted by Gasteiger charge is -2.18. The van der Waals surface area contributed by atoms with Gasteiger partial charge in [-0.1, -0.05) is 49.0 Å². The lowest BCUT2D eigenvalue weighted by molar-refractivity contribution is 0.0652. The summed E-state index contributed by atoms with van der Waals surface area (Å²) in [6, 6.07) is 16.7. The molecule has 4 aromatic rings. The van der Waals surface area contributed by atoms with Crippen LogP contribution in [0.3, 0.4) is 0 Å². The summed E-state index contributed by atoms with van der Waals surface area (Å²) in [5.41, 5.74) is 2.99. The summed E-state index contributed by atoms with van der Waals surface area (Å²) in [6.45, 7) is 2.66. The second kappa shape index (κ2) is 9.91. The highest BCUT2D eigenvalue weighted by Crippen LogP contribution is 2.37. The molecule has 2 aliphatic rings. The molecule has 1 aliphatic heterocycles. The van der Waals surface area contributed by atoms with Gasteiger partial charge in [0, 0.05) is 17.2 Å². The van der Waals surface area contributed by atoms with E-state index in [0.29, 0.717) is 35.2 Å². The third-order valence-electron chi connectivity index (χ3n) is 7.20. The molecule has 8 heteroatoms. The SMILES string of the molecule is C[C@@H]1CCc2c(sc3nc(SCCCCN4C(=O)c5ccccc5C4=O)n(-c4ccccc4)c(=O)c23)C1. The Labute approximate surface area is 223 Å². The molecule has 2 aromatic carbocycles. The Morgan fingerprint density at radius 2 is 1.68 bits per heavy atom. The maximum Gasteiger partial charge on any atom is 0.267 e. The van der Waals surface area contributed by atoms with Gasteiger partial charge in [-0.2, -0.15) is 0 Å².